The van der Waals surface area contributed by atoms with Gasteiger partial charge in [-0.05, 0) is 109 Å². The van der Waals surface area contributed by atoms with Crippen LogP contribution in [-0.2, 0) is 32.6 Å². The first-order valence-corrected chi connectivity index (χ1v) is 26.4. The summed E-state index contributed by atoms with van der Waals surface area (Å²) >= 11 is 1.95. The summed E-state index contributed by atoms with van der Waals surface area (Å²) in [6.45, 7) is 13.6. The summed E-state index contributed by atoms with van der Waals surface area (Å²) in [6.07, 6.45) is 25.7. The molecule has 2 saturated carbocycles. The second-order valence-electron chi connectivity index (χ2n) is 19.9. The number of nitrogens with two attached hydrogens (primary N) is 1. The molecule has 378 valence electrons. The fourth-order valence-electron chi connectivity index (χ4n) is 11.3. The van der Waals surface area contributed by atoms with Gasteiger partial charge in [-0.3, -0.25) is 28.6 Å². The summed E-state index contributed by atoms with van der Waals surface area (Å²) in [7, 11) is 6.91. The van der Waals surface area contributed by atoms with Crippen molar-refractivity contribution in [2.24, 2.45) is 39.5 Å². The number of hydrogen-bond acceptors (Lipinski definition) is 12. The predicted octanol–water partition coefficient (Wildman–Crippen LogP) is 7.17. The fourth-order valence-corrected chi connectivity index (χ4v) is 12.7. The Balaban J connectivity index is 0.00000210. The monoisotopic (exact) mass is 961 g/mol. The van der Waals surface area contributed by atoms with Crippen molar-refractivity contribution in [1.82, 2.24) is 33.3 Å². The molecule has 16 heteroatoms. The molecule has 3 unspecified atom stereocenters. The molecule has 5 aliphatic rings. The Morgan fingerprint density at radius 3 is 2.15 bits per heavy atom. The zero-order chi connectivity index (χ0) is 49.3. The Labute approximate surface area is 410 Å². The van der Waals surface area contributed by atoms with E-state index in [0.717, 1.165) is 106 Å². The number of piperidine rings is 1. The van der Waals surface area contributed by atoms with Crippen molar-refractivity contribution in [2.45, 2.75) is 160 Å². The number of unbranched alkanes of at least 4 members (excludes halogenated alkanes) is 9. The standard InChI is InChI=1S/C50H77N9O4S.CH5N.CH2O/c1-37-18-16-20-41(37)59-45(52-3)40(50(27-28-50)47(59)62)33-54-39-24-29-56(30-25-39)64-57-35-49(36-57,34-51-2)26-15-13-11-9-7-6-8-10-12-14-19-38-22-23-42-44(32-38)55(5)48(63)58(42)43(21-17-31-60)46(61)53-4;2*1-2/h22-23,31-33,37,39,41,43,51H,3,6-21,24-30,34-36H2,1-2,4-5H3,(H,53,61);2H2,1H3;1H2. The summed E-state index contributed by atoms with van der Waals surface area (Å²) in [4.78, 5) is 70.1. The number of likely N-dealkylation sites (N-methyl/N-ethyl adjacent to an activating group) is 1. The van der Waals surface area contributed by atoms with Crippen LogP contribution >= 0.6 is 12.1 Å². The zero-order valence-corrected chi connectivity index (χ0v) is 43.0. The molecule has 4 N–H and O–H groups in total. The van der Waals surface area contributed by atoms with Crippen LogP contribution in [0.4, 0.5) is 0 Å². The quantitative estimate of drug-likeness (QED) is 0.0379. The molecule has 7 rings (SSSR count). The summed E-state index contributed by atoms with van der Waals surface area (Å²) in [5.41, 5.74) is 8.06. The SMILES string of the molecule is C=NC1=C(C=NC2CCN(SN3CC(CCCCCCCCCCCCc4ccc5c(c4)n(C)c(=O)n5C(CCC=O)C(=O)NC)(CNC)C3)CC2)C2(CC2)C(=O)N1C1CCCC1C.C=O.CN. The van der Waals surface area contributed by atoms with Gasteiger partial charge in [0.25, 0.3) is 0 Å². The smallest absolute Gasteiger partial charge is 0.329 e. The van der Waals surface area contributed by atoms with Crippen molar-refractivity contribution in [2.75, 3.05) is 53.9 Å². The molecule has 1 aromatic heterocycles. The van der Waals surface area contributed by atoms with Crippen molar-refractivity contribution in [3.8, 4) is 0 Å². The average molecular weight is 961 g/mol. The van der Waals surface area contributed by atoms with E-state index < -0.39 is 6.04 Å². The number of aldehydes is 1. The largest absolute Gasteiger partial charge is 0.357 e. The van der Waals surface area contributed by atoms with Crippen molar-refractivity contribution in [3.05, 3.63) is 45.6 Å². The number of aromatic nitrogens is 2. The molecule has 2 aromatic rings. The number of carbonyl (C=O) groups excluding carboxylic acids is 4. The maximum Gasteiger partial charge on any atom is 0.329 e. The molecule has 15 nitrogen and oxygen atoms in total. The molecule has 3 atom stereocenters. The second kappa shape index (κ2) is 26.9. The number of aryl methyl sites for hydroxylation is 2. The van der Waals surface area contributed by atoms with Gasteiger partial charge in [0.2, 0.25) is 11.8 Å². The molecule has 68 heavy (non-hydrogen) atoms. The van der Waals surface area contributed by atoms with Crippen molar-refractivity contribution in [1.29, 1.82) is 0 Å². The molecule has 1 aromatic carbocycles. The third-order valence-corrected chi connectivity index (χ3v) is 16.4. The first-order valence-electron chi connectivity index (χ1n) is 25.7. The molecule has 0 bridgehead atoms. The number of hydrogen-bond donors (Lipinski definition) is 3. The summed E-state index contributed by atoms with van der Waals surface area (Å²) in [6, 6.07) is 5.95. The molecular formula is C52H84N10O5S. The Kier molecular flexibility index (Phi) is 21.7. The third-order valence-electron chi connectivity index (χ3n) is 15.3. The molecule has 2 saturated heterocycles. The minimum absolute atomic E-state index is 0.220. The number of aliphatic imine (C=N–C) groups is 2. The molecule has 4 fully saturated rings. The highest BCUT2D eigenvalue weighted by atomic mass is 32.2. The van der Waals surface area contributed by atoms with E-state index in [-0.39, 0.29) is 35.4 Å². The molecule has 1 spiro atoms. The van der Waals surface area contributed by atoms with Gasteiger partial charge in [0, 0.05) is 88.6 Å². The molecule has 3 aliphatic heterocycles. The molecule has 2 aliphatic carbocycles. The van der Waals surface area contributed by atoms with E-state index >= 15 is 0 Å². The maximum atomic E-state index is 13.7. The minimum atomic E-state index is -0.709. The topological polar surface area (TPSA) is 180 Å². The Morgan fingerprint density at radius 1 is 0.926 bits per heavy atom. The molecule has 4 heterocycles. The van der Waals surface area contributed by atoms with Gasteiger partial charge in [0.05, 0.1) is 22.5 Å². The number of nitrogens with one attached hydrogen (secondary N) is 2. The van der Waals surface area contributed by atoms with Crippen LogP contribution in [0.15, 0.2) is 44.4 Å². The number of fused-ring (bicyclic) bond motifs is 1. The zero-order valence-electron chi connectivity index (χ0n) is 42.2. The molecular weight excluding hydrogens is 877 g/mol. The van der Waals surface area contributed by atoms with E-state index in [9.17, 15) is 19.2 Å². The van der Waals surface area contributed by atoms with Gasteiger partial charge in [-0.15, -0.1) is 0 Å². The van der Waals surface area contributed by atoms with Crippen LogP contribution in [0, 0.1) is 16.7 Å². The third kappa shape index (κ3) is 13.1. The Bertz CT molecular complexity index is 2080. The van der Waals surface area contributed by atoms with Crippen molar-refractivity contribution < 1.29 is 19.2 Å². The van der Waals surface area contributed by atoms with Gasteiger partial charge in [-0.2, -0.15) is 0 Å². The van der Waals surface area contributed by atoms with E-state index in [1.54, 1.807) is 18.7 Å². The van der Waals surface area contributed by atoms with Crippen LogP contribution in [0.1, 0.15) is 147 Å². The second-order valence-corrected chi connectivity index (χ2v) is 21.1. The fraction of sp³-hybridized carbons (Fsp3) is 0.712. The van der Waals surface area contributed by atoms with Crippen LogP contribution in [0.2, 0.25) is 0 Å². The number of imidazole rings is 1. The van der Waals surface area contributed by atoms with Crippen LogP contribution in [0.25, 0.3) is 11.0 Å². The van der Waals surface area contributed by atoms with Gasteiger partial charge in [-0.1, -0.05) is 77.2 Å². The highest BCUT2D eigenvalue weighted by Gasteiger charge is 2.62. The highest BCUT2D eigenvalue weighted by Crippen LogP contribution is 2.59. The van der Waals surface area contributed by atoms with Gasteiger partial charge < -0.3 is 26.0 Å². The first kappa shape index (κ1) is 55.0. The number of nitrogens with zero attached hydrogens (tertiary/aromatic N) is 7. The van der Waals surface area contributed by atoms with Gasteiger partial charge in [0.15, 0.2) is 0 Å². The lowest BCUT2D eigenvalue weighted by Crippen LogP contribution is -2.58. The summed E-state index contributed by atoms with van der Waals surface area (Å²) in [5.74, 6) is 1.28. The van der Waals surface area contributed by atoms with E-state index in [1.165, 1.54) is 94.2 Å². The van der Waals surface area contributed by atoms with Crippen molar-refractivity contribution in [3.63, 3.8) is 0 Å². The lowest BCUT2D eigenvalue weighted by Gasteiger charge is -2.51. The minimum Gasteiger partial charge on any atom is -0.357 e. The van der Waals surface area contributed by atoms with E-state index in [4.69, 9.17) is 9.79 Å². The summed E-state index contributed by atoms with van der Waals surface area (Å²) in [5, 5.41) is 6.16. The molecule has 2 amide bonds. The van der Waals surface area contributed by atoms with Crippen LogP contribution in [-0.4, -0.2) is 126 Å². The van der Waals surface area contributed by atoms with E-state index in [1.807, 2.05) is 36.1 Å². The average Bonchev–Trinajstić information content (AvgIpc) is 3.92. The Hall–Kier alpha value is -3.96. The lowest BCUT2D eigenvalue weighted by atomic mass is 9.77. The maximum absolute atomic E-state index is 13.7. The van der Waals surface area contributed by atoms with Gasteiger partial charge in [-0.25, -0.2) is 18.4 Å². The normalized spacial score (nSPS) is 21.7. The van der Waals surface area contributed by atoms with Crippen LogP contribution in [0.3, 0.4) is 0 Å². The Morgan fingerprint density at radius 2 is 1.57 bits per heavy atom. The number of amides is 2. The van der Waals surface area contributed by atoms with Gasteiger partial charge in [0.1, 0.15) is 24.9 Å². The van der Waals surface area contributed by atoms with Crippen molar-refractivity contribution >= 4 is 61.0 Å². The summed E-state index contributed by atoms with van der Waals surface area (Å²) < 4.78 is 8.26. The van der Waals surface area contributed by atoms with E-state index in [2.05, 4.69) is 62.8 Å². The predicted molar refractivity (Wildman–Crippen MR) is 278 cm³/mol. The number of carbonyl (C=O) groups is 4. The number of benzene rings is 1. The lowest BCUT2D eigenvalue weighted by molar-refractivity contribution is -0.134. The highest BCUT2D eigenvalue weighted by molar-refractivity contribution is 7.94. The van der Waals surface area contributed by atoms with Crippen LogP contribution in [0.5, 0.6) is 0 Å². The van der Waals surface area contributed by atoms with E-state index in [0.29, 0.717) is 23.8 Å². The first-order chi connectivity index (χ1) is 33.1. The molecule has 0 radical (unpaired) electrons. The van der Waals surface area contributed by atoms with Gasteiger partial charge >= 0.3 is 5.69 Å². The number of rotatable bonds is 26. The van der Waals surface area contributed by atoms with Crippen LogP contribution < -0.4 is 22.1 Å².